The minimum atomic E-state index is -0.399. The quantitative estimate of drug-likeness (QED) is 0.887. The number of amides is 2. The minimum absolute atomic E-state index is 0.138. The van der Waals surface area contributed by atoms with Gasteiger partial charge in [-0.25, -0.2) is 4.79 Å². The molecule has 108 valence electrons. The summed E-state index contributed by atoms with van der Waals surface area (Å²) in [4.78, 5) is 24.2. The van der Waals surface area contributed by atoms with Crippen molar-refractivity contribution in [3.8, 4) is 5.75 Å². The molecule has 6 nitrogen and oxygen atoms in total. The third-order valence-electron chi connectivity index (χ3n) is 2.91. The number of carbonyl (C=O) groups is 2. The Morgan fingerprint density at radius 3 is 2.75 bits per heavy atom. The highest BCUT2D eigenvalue weighted by molar-refractivity contribution is 5.89. The molecule has 1 fully saturated rings. The van der Waals surface area contributed by atoms with Crippen LogP contribution in [0.5, 0.6) is 5.75 Å². The monoisotopic (exact) mass is 278 g/mol. The predicted molar refractivity (Wildman–Crippen MR) is 73.9 cm³/mol. The summed E-state index contributed by atoms with van der Waals surface area (Å²) in [7, 11) is 0. The van der Waals surface area contributed by atoms with Crippen molar-refractivity contribution in [3.63, 3.8) is 0 Å². The van der Waals surface area contributed by atoms with E-state index in [1.807, 2.05) is 31.2 Å². The second-order valence-corrected chi connectivity index (χ2v) is 4.48. The molecule has 20 heavy (non-hydrogen) atoms. The first-order valence-electron chi connectivity index (χ1n) is 6.55. The molecule has 2 rings (SSSR count). The molecule has 0 unspecified atom stereocenters. The van der Waals surface area contributed by atoms with Crippen LogP contribution in [-0.2, 0) is 9.53 Å². The maximum Gasteiger partial charge on any atom is 0.414 e. The topological polar surface area (TPSA) is 67.9 Å². The lowest BCUT2D eigenvalue weighted by atomic mass is 10.2. The average Bonchev–Trinajstić information content (AvgIpc) is 2.79. The van der Waals surface area contributed by atoms with Crippen LogP contribution >= 0.6 is 0 Å². The molecule has 0 aromatic heterocycles. The Balaban J connectivity index is 1.98. The molecule has 1 saturated heterocycles. The van der Waals surface area contributed by atoms with Gasteiger partial charge in [0.25, 0.3) is 0 Å². The average molecular weight is 278 g/mol. The normalized spacial score (nSPS) is 17.8. The maximum atomic E-state index is 11.8. The number of hydrogen-bond acceptors (Lipinski definition) is 4. The first-order valence-corrected chi connectivity index (χ1v) is 6.55. The lowest BCUT2D eigenvalue weighted by molar-refractivity contribution is -0.119. The van der Waals surface area contributed by atoms with E-state index in [-0.39, 0.29) is 12.0 Å². The molecule has 6 heteroatoms. The molecule has 0 bridgehead atoms. The molecule has 1 atom stereocenters. The van der Waals surface area contributed by atoms with Crippen LogP contribution in [0.2, 0.25) is 0 Å². The van der Waals surface area contributed by atoms with Crippen molar-refractivity contribution < 1.29 is 19.1 Å². The van der Waals surface area contributed by atoms with Gasteiger partial charge in [-0.05, 0) is 31.2 Å². The van der Waals surface area contributed by atoms with Crippen LogP contribution in [0.25, 0.3) is 0 Å². The molecule has 1 heterocycles. The zero-order valence-electron chi connectivity index (χ0n) is 11.6. The van der Waals surface area contributed by atoms with Crippen molar-refractivity contribution in [2.75, 3.05) is 24.6 Å². The summed E-state index contributed by atoms with van der Waals surface area (Å²) in [6.07, 6.45) is -0.720. The minimum Gasteiger partial charge on any atom is -0.494 e. The Labute approximate surface area is 117 Å². The van der Waals surface area contributed by atoms with Crippen LogP contribution in [0, 0.1) is 0 Å². The third-order valence-corrected chi connectivity index (χ3v) is 2.91. The Bertz CT molecular complexity index is 486. The van der Waals surface area contributed by atoms with E-state index in [4.69, 9.17) is 9.47 Å². The summed E-state index contributed by atoms with van der Waals surface area (Å²) < 4.78 is 10.6. The molecular weight excluding hydrogens is 260 g/mol. The molecule has 0 saturated carbocycles. The summed E-state index contributed by atoms with van der Waals surface area (Å²) in [6, 6.07) is 7.25. The first-order chi connectivity index (χ1) is 9.60. The number of ether oxygens (including phenoxy) is 2. The van der Waals surface area contributed by atoms with E-state index in [1.54, 1.807) is 4.90 Å². The van der Waals surface area contributed by atoms with Gasteiger partial charge in [0.2, 0.25) is 5.91 Å². The number of carbonyl (C=O) groups excluding carboxylic acids is 2. The van der Waals surface area contributed by atoms with Crippen LogP contribution in [0.1, 0.15) is 13.8 Å². The van der Waals surface area contributed by atoms with Crippen LogP contribution in [0.4, 0.5) is 10.5 Å². The van der Waals surface area contributed by atoms with Gasteiger partial charge in [0.15, 0.2) is 0 Å². The molecule has 0 aliphatic carbocycles. The number of anilines is 1. The third kappa shape index (κ3) is 3.40. The molecule has 0 radical (unpaired) electrons. The van der Waals surface area contributed by atoms with Gasteiger partial charge in [0, 0.05) is 12.6 Å². The molecule has 1 aliphatic heterocycles. The standard InChI is InChI=1S/C14H18N2O4/c1-3-19-12-6-4-11(5-7-12)16-9-13(20-14(16)18)8-15-10(2)17/h4-7,13H,3,8-9H2,1-2H3,(H,15,17)/t13-/m1/s1. The molecular formula is C14H18N2O4. The highest BCUT2D eigenvalue weighted by atomic mass is 16.6. The second-order valence-electron chi connectivity index (χ2n) is 4.48. The summed E-state index contributed by atoms with van der Waals surface area (Å²) in [5.41, 5.74) is 0.753. The largest absolute Gasteiger partial charge is 0.494 e. The number of cyclic esters (lactones) is 1. The Morgan fingerprint density at radius 2 is 2.15 bits per heavy atom. The van der Waals surface area contributed by atoms with Crippen molar-refractivity contribution in [1.29, 1.82) is 0 Å². The van der Waals surface area contributed by atoms with Crippen LogP contribution in [0.15, 0.2) is 24.3 Å². The van der Waals surface area contributed by atoms with Crippen molar-refractivity contribution >= 4 is 17.7 Å². The van der Waals surface area contributed by atoms with E-state index in [0.717, 1.165) is 11.4 Å². The fraction of sp³-hybridized carbons (Fsp3) is 0.429. The van der Waals surface area contributed by atoms with Crippen molar-refractivity contribution in [3.05, 3.63) is 24.3 Å². The fourth-order valence-corrected chi connectivity index (χ4v) is 1.99. The lowest BCUT2D eigenvalue weighted by Gasteiger charge is -2.13. The van der Waals surface area contributed by atoms with Gasteiger partial charge in [-0.2, -0.15) is 0 Å². The van der Waals surface area contributed by atoms with E-state index in [2.05, 4.69) is 5.32 Å². The summed E-state index contributed by atoms with van der Waals surface area (Å²) >= 11 is 0. The lowest BCUT2D eigenvalue weighted by Crippen LogP contribution is -2.33. The zero-order chi connectivity index (χ0) is 14.5. The molecule has 1 aromatic rings. The molecule has 1 N–H and O–H groups in total. The van der Waals surface area contributed by atoms with Gasteiger partial charge in [-0.1, -0.05) is 0 Å². The number of rotatable bonds is 5. The number of hydrogen-bond donors (Lipinski definition) is 1. The van der Waals surface area contributed by atoms with Crippen molar-refractivity contribution in [2.45, 2.75) is 20.0 Å². The van der Waals surface area contributed by atoms with Gasteiger partial charge in [-0.3, -0.25) is 9.69 Å². The van der Waals surface area contributed by atoms with Gasteiger partial charge >= 0.3 is 6.09 Å². The predicted octanol–water partition coefficient (Wildman–Crippen LogP) is 1.55. The van der Waals surface area contributed by atoms with Crippen LogP contribution in [-0.4, -0.2) is 37.8 Å². The van der Waals surface area contributed by atoms with Crippen molar-refractivity contribution in [1.82, 2.24) is 5.32 Å². The van der Waals surface area contributed by atoms with Gasteiger partial charge in [0.1, 0.15) is 11.9 Å². The smallest absolute Gasteiger partial charge is 0.414 e. The van der Waals surface area contributed by atoms with E-state index in [9.17, 15) is 9.59 Å². The molecule has 1 aromatic carbocycles. The maximum absolute atomic E-state index is 11.8. The first kappa shape index (κ1) is 14.2. The number of benzene rings is 1. The molecule has 2 amide bonds. The fourth-order valence-electron chi connectivity index (χ4n) is 1.99. The van der Waals surface area contributed by atoms with E-state index >= 15 is 0 Å². The van der Waals surface area contributed by atoms with Gasteiger partial charge in [-0.15, -0.1) is 0 Å². The van der Waals surface area contributed by atoms with E-state index in [0.29, 0.717) is 19.7 Å². The second kappa shape index (κ2) is 6.27. The Kier molecular flexibility index (Phi) is 4.45. The summed E-state index contributed by atoms with van der Waals surface area (Å²) in [6.45, 7) is 4.70. The SMILES string of the molecule is CCOc1ccc(N2C[C@@H](CNC(C)=O)OC2=O)cc1. The molecule has 0 spiro atoms. The summed E-state index contributed by atoms with van der Waals surface area (Å²) in [5, 5.41) is 2.64. The van der Waals surface area contributed by atoms with E-state index < -0.39 is 6.09 Å². The number of nitrogens with one attached hydrogen (secondary N) is 1. The van der Waals surface area contributed by atoms with Gasteiger partial charge < -0.3 is 14.8 Å². The molecule has 1 aliphatic rings. The van der Waals surface area contributed by atoms with Crippen LogP contribution in [0.3, 0.4) is 0 Å². The van der Waals surface area contributed by atoms with Crippen molar-refractivity contribution in [2.24, 2.45) is 0 Å². The number of nitrogens with zero attached hydrogens (tertiary/aromatic N) is 1. The van der Waals surface area contributed by atoms with E-state index in [1.165, 1.54) is 6.92 Å². The summed E-state index contributed by atoms with van der Waals surface area (Å²) in [5.74, 6) is 0.624. The highest BCUT2D eigenvalue weighted by Crippen LogP contribution is 2.24. The highest BCUT2D eigenvalue weighted by Gasteiger charge is 2.32. The van der Waals surface area contributed by atoms with Crippen LogP contribution < -0.4 is 15.0 Å². The zero-order valence-corrected chi connectivity index (χ0v) is 11.6. The Hall–Kier alpha value is -2.24. The van der Waals surface area contributed by atoms with Gasteiger partial charge in [0.05, 0.1) is 19.7 Å². The Morgan fingerprint density at radius 1 is 1.45 bits per heavy atom.